The van der Waals surface area contributed by atoms with E-state index in [0.717, 1.165) is 25.9 Å². The van der Waals surface area contributed by atoms with Gasteiger partial charge in [0.2, 0.25) is 0 Å². The number of hydrogen-bond donors (Lipinski definition) is 2. The zero-order valence-electron chi connectivity index (χ0n) is 14.9. The van der Waals surface area contributed by atoms with Crippen LogP contribution in [0.2, 0.25) is 0 Å². The molecule has 0 aromatic carbocycles. The zero-order chi connectivity index (χ0) is 17.7. The van der Waals surface area contributed by atoms with Gasteiger partial charge in [-0.05, 0) is 33.1 Å². The van der Waals surface area contributed by atoms with E-state index in [1.54, 1.807) is 7.05 Å². The number of nitrogens with zero attached hydrogens (tertiary/aromatic N) is 3. The number of alkyl halides is 3. The molecule has 0 saturated carbocycles. The van der Waals surface area contributed by atoms with E-state index in [-0.39, 0.29) is 6.04 Å². The monoisotopic (exact) mass is 349 g/mol. The van der Waals surface area contributed by atoms with Crippen LogP contribution in [0.15, 0.2) is 4.99 Å². The van der Waals surface area contributed by atoms with Crippen molar-refractivity contribution < 1.29 is 13.2 Å². The average molecular weight is 349 g/mol. The molecule has 0 spiro atoms. The quantitative estimate of drug-likeness (QED) is 0.598. The smallest absolute Gasteiger partial charge is 0.354 e. The first kappa shape index (κ1) is 19.3. The second kappa shape index (κ2) is 8.38. The van der Waals surface area contributed by atoms with Gasteiger partial charge in [0.25, 0.3) is 0 Å². The van der Waals surface area contributed by atoms with Crippen LogP contribution in [0.3, 0.4) is 0 Å². The highest BCUT2D eigenvalue weighted by Gasteiger charge is 2.34. The van der Waals surface area contributed by atoms with Crippen molar-refractivity contribution in [1.82, 2.24) is 20.4 Å². The van der Waals surface area contributed by atoms with Gasteiger partial charge in [-0.3, -0.25) is 9.89 Å². The third-order valence-corrected chi connectivity index (χ3v) is 4.84. The lowest BCUT2D eigenvalue weighted by Crippen LogP contribution is -2.52. The topological polar surface area (TPSA) is 42.9 Å². The molecule has 2 rings (SSSR count). The van der Waals surface area contributed by atoms with Crippen molar-refractivity contribution in [2.75, 3.05) is 39.8 Å². The molecule has 2 saturated heterocycles. The molecule has 0 bridgehead atoms. The molecule has 1 unspecified atom stereocenters. The largest absolute Gasteiger partial charge is 0.401 e. The van der Waals surface area contributed by atoms with Gasteiger partial charge >= 0.3 is 6.18 Å². The fourth-order valence-electron chi connectivity index (χ4n) is 3.47. The van der Waals surface area contributed by atoms with Crippen molar-refractivity contribution >= 4 is 5.96 Å². The van der Waals surface area contributed by atoms with Crippen LogP contribution in [0.1, 0.15) is 33.1 Å². The lowest BCUT2D eigenvalue weighted by Gasteiger charge is -2.35. The van der Waals surface area contributed by atoms with Crippen LogP contribution in [0, 0.1) is 0 Å². The highest BCUT2D eigenvalue weighted by atomic mass is 19.4. The molecule has 2 aliphatic rings. The van der Waals surface area contributed by atoms with Gasteiger partial charge in [-0.1, -0.05) is 0 Å². The summed E-state index contributed by atoms with van der Waals surface area (Å²) in [7, 11) is 1.71. The Bertz CT molecular complexity index is 416. The molecule has 0 amide bonds. The number of rotatable bonds is 4. The minimum Gasteiger partial charge on any atom is -0.354 e. The Morgan fingerprint density at radius 3 is 2.21 bits per heavy atom. The van der Waals surface area contributed by atoms with E-state index in [1.807, 2.05) is 0 Å². The highest BCUT2D eigenvalue weighted by Crippen LogP contribution is 2.20. The van der Waals surface area contributed by atoms with Gasteiger partial charge in [0.1, 0.15) is 0 Å². The predicted octanol–water partition coefficient (Wildman–Crippen LogP) is 1.66. The van der Waals surface area contributed by atoms with Crippen molar-refractivity contribution in [1.29, 1.82) is 0 Å². The van der Waals surface area contributed by atoms with Gasteiger partial charge in [0.05, 0.1) is 6.54 Å². The summed E-state index contributed by atoms with van der Waals surface area (Å²) >= 11 is 0. The number of nitrogens with one attached hydrogen (secondary N) is 2. The number of aliphatic imine (C=N–C) groups is 1. The Kier molecular flexibility index (Phi) is 6.74. The van der Waals surface area contributed by atoms with Crippen LogP contribution >= 0.6 is 0 Å². The second-order valence-corrected chi connectivity index (χ2v) is 7.10. The summed E-state index contributed by atoms with van der Waals surface area (Å²) in [5, 5.41) is 6.71. The summed E-state index contributed by atoms with van der Waals surface area (Å²) in [5.41, 5.74) is 0. The summed E-state index contributed by atoms with van der Waals surface area (Å²) in [6.07, 6.45) is -1.30. The van der Waals surface area contributed by atoms with Gasteiger partial charge in [0.15, 0.2) is 5.96 Å². The third kappa shape index (κ3) is 6.12. The maximum atomic E-state index is 12.5. The van der Waals surface area contributed by atoms with Crippen molar-refractivity contribution in [3.8, 4) is 0 Å². The fourth-order valence-corrected chi connectivity index (χ4v) is 3.47. The molecule has 0 aromatic heterocycles. The second-order valence-electron chi connectivity index (χ2n) is 7.10. The average Bonchev–Trinajstić information content (AvgIpc) is 2.92. The van der Waals surface area contributed by atoms with E-state index < -0.39 is 12.7 Å². The summed E-state index contributed by atoms with van der Waals surface area (Å²) in [6.45, 7) is 6.60. The van der Waals surface area contributed by atoms with Crippen LogP contribution in [0.4, 0.5) is 13.2 Å². The maximum absolute atomic E-state index is 12.5. The lowest BCUT2D eigenvalue weighted by molar-refractivity contribution is -0.143. The normalized spacial score (nSPS) is 25.5. The molecule has 0 radical (unpaired) electrons. The van der Waals surface area contributed by atoms with Crippen LogP contribution in [0.5, 0.6) is 0 Å². The first-order chi connectivity index (χ1) is 11.3. The van der Waals surface area contributed by atoms with Gasteiger partial charge in [-0.15, -0.1) is 0 Å². The Labute approximate surface area is 142 Å². The van der Waals surface area contributed by atoms with Crippen molar-refractivity contribution in [3.05, 3.63) is 0 Å². The Hall–Kier alpha value is -1.02. The molecule has 1 atom stereocenters. The number of likely N-dealkylation sites (tertiary alicyclic amines) is 2. The van der Waals surface area contributed by atoms with E-state index in [4.69, 9.17) is 0 Å². The molecule has 0 aliphatic carbocycles. The first-order valence-corrected chi connectivity index (χ1v) is 8.80. The molecule has 0 aromatic rings. The van der Waals surface area contributed by atoms with E-state index in [2.05, 4.69) is 34.4 Å². The molecule has 2 heterocycles. The van der Waals surface area contributed by atoms with Gasteiger partial charge in [-0.25, -0.2) is 0 Å². The van der Waals surface area contributed by atoms with Gasteiger partial charge in [0, 0.05) is 51.4 Å². The number of hydrogen-bond acceptors (Lipinski definition) is 3. The number of piperidine rings is 1. The molecule has 2 fully saturated rings. The molecule has 2 aliphatic heterocycles. The number of halogens is 3. The molecule has 2 N–H and O–H groups in total. The van der Waals surface area contributed by atoms with Crippen LogP contribution < -0.4 is 10.6 Å². The Balaban J connectivity index is 1.74. The summed E-state index contributed by atoms with van der Waals surface area (Å²) < 4.78 is 37.4. The molecular weight excluding hydrogens is 319 g/mol. The first-order valence-electron chi connectivity index (χ1n) is 8.80. The van der Waals surface area contributed by atoms with Crippen LogP contribution in [-0.2, 0) is 0 Å². The van der Waals surface area contributed by atoms with Crippen molar-refractivity contribution in [2.45, 2.75) is 57.4 Å². The van der Waals surface area contributed by atoms with Crippen LogP contribution in [0.25, 0.3) is 0 Å². The van der Waals surface area contributed by atoms with Gasteiger partial charge < -0.3 is 15.5 Å². The third-order valence-electron chi connectivity index (χ3n) is 4.84. The van der Waals surface area contributed by atoms with E-state index in [9.17, 15) is 13.2 Å². The predicted molar refractivity (Wildman–Crippen MR) is 90.3 cm³/mol. The lowest BCUT2D eigenvalue weighted by atomic mass is 10.0. The molecular formula is C16H30F3N5. The van der Waals surface area contributed by atoms with E-state index in [0.29, 0.717) is 37.6 Å². The molecule has 8 heteroatoms. The summed E-state index contributed by atoms with van der Waals surface area (Å²) in [4.78, 5) is 8.15. The van der Waals surface area contributed by atoms with Crippen molar-refractivity contribution in [2.24, 2.45) is 4.99 Å². The summed E-state index contributed by atoms with van der Waals surface area (Å²) in [6, 6.07) is 0.967. The van der Waals surface area contributed by atoms with E-state index in [1.165, 1.54) is 4.90 Å². The van der Waals surface area contributed by atoms with Gasteiger partial charge in [-0.2, -0.15) is 13.2 Å². The number of guanidine groups is 1. The summed E-state index contributed by atoms with van der Waals surface area (Å²) in [5.74, 6) is 0.705. The van der Waals surface area contributed by atoms with Crippen LogP contribution in [-0.4, -0.2) is 79.8 Å². The Morgan fingerprint density at radius 2 is 1.67 bits per heavy atom. The fraction of sp³-hybridized carbons (Fsp3) is 0.938. The zero-order valence-corrected chi connectivity index (χ0v) is 14.9. The molecule has 5 nitrogen and oxygen atoms in total. The van der Waals surface area contributed by atoms with Crippen molar-refractivity contribution in [3.63, 3.8) is 0 Å². The Morgan fingerprint density at radius 1 is 1.08 bits per heavy atom. The maximum Gasteiger partial charge on any atom is 0.401 e. The highest BCUT2D eigenvalue weighted by molar-refractivity contribution is 5.80. The molecule has 140 valence electrons. The minimum absolute atomic E-state index is 0.0225. The standard InChI is InChI=1S/C16H30F3N5/c1-12(2)24-8-5-13(6-9-24)21-15(20-3)22-14-4-7-23(10-14)11-16(17,18)19/h12-14H,4-11H2,1-3H3,(H2,20,21,22). The molecule has 24 heavy (non-hydrogen) atoms. The SMILES string of the molecule is CN=C(NC1CCN(C(C)C)CC1)NC1CCN(CC(F)(F)F)C1. The minimum atomic E-state index is -4.13. The van der Waals surface area contributed by atoms with E-state index >= 15 is 0 Å².